The second-order valence-corrected chi connectivity index (χ2v) is 7.42. The van der Waals surface area contributed by atoms with Crippen LogP contribution in [0.1, 0.15) is 48.4 Å². The molecule has 138 valence electrons. The average molecular weight is 376 g/mol. The molecule has 0 saturated heterocycles. The summed E-state index contributed by atoms with van der Waals surface area (Å²) in [5.41, 5.74) is 2.49. The Hall–Kier alpha value is -1.91. The van der Waals surface area contributed by atoms with Crippen molar-refractivity contribution in [3.05, 3.63) is 70.0 Å². The smallest absolute Gasteiger partial charge is 0.306 e. The molecule has 1 fully saturated rings. The third-order valence-corrected chi connectivity index (χ3v) is 5.55. The van der Waals surface area contributed by atoms with Gasteiger partial charge in [-0.3, -0.25) is 4.79 Å². The van der Waals surface area contributed by atoms with Gasteiger partial charge in [0.05, 0.1) is 12.0 Å². The molecule has 26 heavy (non-hydrogen) atoms. The number of hydrogen-bond acceptors (Lipinski definition) is 2. The van der Waals surface area contributed by atoms with E-state index in [1.165, 1.54) is 6.07 Å². The second kappa shape index (κ2) is 8.19. The zero-order valence-electron chi connectivity index (χ0n) is 14.7. The fourth-order valence-corrected chi connectivity index (χ4v) is 3.91. The van der Waals surface area contributed by atoms with Crippen molar-refractivity contribution in [2.45, 2.75) is 44.7 Å². The summed E-state index contributed by atoms with van der Waals surface area (Å²) in [4.78, 5) is 11.2. The zero-order valence-corrected chi connectivity index (χ0v) is 15.5. The molecule has 2 aromatic carbocycles. The summed E-state index contributed by atoms with van der Waals surface area (Å²) >= 11 is 6.43. The van der Waals surface area contributed by atoms with Crippen molar-refractivity contribution in [1.82, 2.24) is 5.32 Å². The number of halogens is 2. The number of rotatable bonds is 5. The number of aryl methyl sites for hydroxylation is 1. The predicted molar refractivity (Wildman–Crippen MR) is 101 cm³/mol. The maximum atomic E-state index is 13.7. The molecule has 0 radical (unpaired) electrons. The molecule has 1 unspecified atom stereocenters. The summed E-state index contributed by atoms with van der Waals surface area (Å²) in [5, 5.41) is 13.5. The fourth-order valence-electron chi connectivity index (χ4n) is 3.66. The highest BCUT2D eigenvalue weighted by molar-refractivity contribution is 6.31. The number of benzene rings is 2. The van der Waals surface area contributed by atoms with E-state index in [1.807, 2.05) is 30.3 Å². The minimum Gasteiger partial charge on any atom is -0.481 e. The van der Waals surface area contributed by atoms with Crippen LogP contribution in [-0.2, 0) is 4.79 Å². The van der Waals surface area contributed by atoms with Crippen LogP contribution in [0.3, 0.4) is 0 Å². The van der Waals surface area contributed by atoms with E-state index in [1.54, 1.807) is 13.0 Å². The first-order valence-electron chi connectivity index (χ1n) is 8.95. The quantitative estimate of drug-likeness (QED) is 0.763. The number of nitrogens with one attached hydrogen (secondary N) is 1. The van der Waals surface area contributed by atoms with Gasteiger partial charge in [-0.25, -0.2) is 4.39 Å². The predicted octanol–water partition coefficient (Wildman–Crippen LogP) is 5.11. The van der Waals surface area contributed by atoms with Gasteiger partial charge >= 0.3 is 5.97 Å². The average Bonchev–Trinajstić information content (AvgIpc) is 2.63. The number of carboxylic acid groups (broad SMARTS) is 1. The van der Waals surface area contributed by atoms with Gasteiger partial charge in [-0.1, -0.05) is 41.9 Å². The van der Waals surface area contributed by atoms with Gasteiger partial charge in [-0.2, -0.15) is 0 Å². The van der Waals surface area contributed by atoms with Gasteiger partial charge in [0, 0.05) is 11.1 Å². The molecule has 0 aromatic heterocycles. The van der Waals surface area contributed by atoms with Crippen molar-refractivity contribution < 1.29 is 14.3 Å². The van der Waals surface area contributed by atoms with Crippen LogP contribution in [0, 0.1) is 18.7 Å². The molecule has 1 saturated carbocycles. The van der Waals surface area contributed by atoms with Gasteiger partial charge in [0.15, 0.2) is 0 Å². The molecule has 0 amide bonds. The Bertz CT molecular complexity index is 787. The third kappa shape index (κ3) is 4.25. The van der Waals surface area contributed by atoms with E-state index in [0.717, 1.165) is 24.0 Å². The summed E-state index contributed by atoms with van der Waals surface area (Å²) < 4.78 is 13.7. The van der Waals surface area contributed by atoms with E-state index in [-0.39, 0.29) is 23.8 Å². The normalized spacial score (nSPS) is 21.3. The lowest BCUT2D eigenvalue weighted by molar-refractivity contribution is -0.142. The van der Waals surface area contributed by atoms with Crippen LogP contribution in [0.4, 0.5) is 4.39 Å². The standard InChI is InChI=1S/C21H23ClFNO2/c1-13-12-15(8-11-19(13)23)20(17-4-2-3-5-18(17)22)24-16-9-6-14(7-10-16)21(25)26/h2-5,8,11-12,14,16,20,24H,6-7,9-10H2,1H3,(H,25,26). The summed E-state index contributed by atoms with van der Waals surface area (Å²) in [6, 6.07) is 12.8. The Kier molecular flexibility index (Phi) is 5.94. The van der Waals surface area contributed by atoms with Gasteiger partial charge in [0.25, 0.3) is 0 Å². The van der Waals surface area contributed by atoms with E-state index in [0.29, 0.717) is 23.4 Å². The largest absolute Gasteiger partial charge is 0.481 e. The first-order chi connectivity index (χ1) is 12.5. The molecule has 1 atom stereocenters. The highest BCUT2D eigenvalue weighted by Crippen LogP contribution is 2.32. The fraction of sp³-hybridized carbons (Fsp3) is 0.381. The van der Waals surface area contributed by atoms with Crippen molar-refractivity contribution in [2.24, 2.45) is 5.92 Å². The van der Waals surface area contributed by atoms with E-state index in [2.05, 4.69) is 5.32 Å². The minimum atomic E-state index is -0.708. The molecule has 2 aromatic rings. The maximum absolute atomic E-state index is 13.7. The van der Waals surface area contributed by atoms with E-state index in [4.69, 9.17) is 11.6 Å². The molecule has 0 aliphatic heterocycles. The van der Waals surface area contributed by atoms with Crippen LogP contribution in [0.2, 0.25) is 5.02 Å². The minimum absolute atomic E-state index is 0.158. The Morgan fingerprint density at radius 2 is 1.88 bits per heavy atom. The molecule has 1 aliphatic carbocycles. The molecule has 0 bridgehead atoms. The van der Waals surface area contributed by atoms with E-state index in [9.17, 15) is 14.3 Å². The molecule has 3 nitrogen and oxygen atoms in total. The highest BCUT2D eigenvalue weighted by atomic mass is 35.5. The van der Waals surface area contributed by atoms with Crippen LogP contribution in [0.15, 0.2) is 42.5 Å². The summed E-state index contributed by atoms with van der Waals surface area (Å²) in [6.45, 7) is 1.75. The molecule has 5 heteroatoms. The summed E-state index contributed by atoms with van der Waals surface area (Å²) in [7, 11) is 0. The van der Waals surface area contributed by atoms with E-state index >= 15 is 0 Å². The summed E-state index contributed by atoms with van der Waals surface area (Å²) in [6.07, 6.45) is 2.95. The number of carbonyl (C=O) groups is 1. The molecule has 0 heterocycles. The van der Waals surface area contributed by atoms with Crippen molar-refractivity contribution >= 4 is 17.6 Å². The highest BCUT2D eigenvalue weighted by Gasteiger charge is 2.28. The monoisotopic (exact) mass is 375 g/mol. The molecule has 3 rings (SSSR count). The summed E-state index contributed by atoms with van der Waals surface area (Å²) in [5.74, 6) is -1.19. The Labute approximate surface area is 158 Å². The van der Waals surface area contributed by atoms with Crippen LogP contribution >= 0.6 is 11.6 Å². The first kappa shape index (κ1) is 18.9. The van der Waals surface area contributed by atoms with Gasteiger partial charge < -0.3 is 10.4 Å². The molecular weight excluding hydrogens is 353 g/mol. The van der Waals surface area contributed by atoms with Crippen molar-refractivity contribution in [2.75, 3.05) is 0 Å². The number of carboxylic acids is 1. The molecule has 2 N–H and O–H groups in total. The lowest BCUT2D eigenvalue weighted by Crippen LogP contribution is -2.37. The van der Waals surface area contributed by atoms with Gasteiger partial charge in [-0.05, 0) is 61.4 Å². The first-order valence-corrected chi connectivity index (χ1v) is 9.33. The van der Waals surface area contributed by atoms with E-state index < -0.39 is 5.97 Å². The third-order valence-electron chi connectivity index (χ3n) is 5.21. The van der Waals surface area contributed by atoms with Crippen LogP contribution in [0.25, 0.3) is 0 Å². The SMILES string of the molecule is Cc1cc(C(NC2CCC(C(=O)O)CC2)c2ccccc2Cl)ccc1F. The topological polar surface area (TPSA) is 49.3 Å². The lowest BCUT2D eigenvalue weighted by atomic mass is 9.85. The Morgan fingerprint density at radius 1 is 1.19 bits per heavy atom. The lowest BCUT2D eigenvalue weighted by Gasteiger charge is -2.32. The van der Waals surface area contributed by atoms with Crippen molar-refractivity contribution in [1.29, 1.82) is 0 Å². The second-order valence-electron chi connectivity index (χ2n) is 7.02. The van der Waals surface area contributed by atoms with Crippen LogP contribution in [0.5, 0.6) is 0 Å². The Balaban J connectivity index is 1.86. The molecule has 0 spiro atoms. The van der Waals surface area contributed by atoms with Gasteiger partial charge in [0.2, 0.25) is 0 Å². The number of hydrogen-bond donors (Lipinski definition) is 2. The van der Waals surface area contributed by atoms with Crippen molar-refractivity contribution in [3.8, 4) is 0 Å². The number of aliphatic carboxylic acids is 1. The van der Waals surface area contributed by atoms with Crippen LogP contribution < -0.4 is 5.32 Å². The van der Waals surface area contributed by atoms with Crippen LogP contribution in [-0.4, -0.2) is 17.1 Å². The van der Waals surface area contributed by atoms with Gasteiger partial charge in [-0.15, -0.1) is 0 Å². The zero-order chi connectivity index (χ0) is 18.7. The van der Waals surface area contributed by atoms with Gasteiger partial charge in [0.1, 0.15) is 5.82 Å². The van der Waals surface area contributed by atoms with Crippen molar-refractivity contribution in [3.63, 3.8) is 0 Å². The Morgan fingerprint density at radius 3 is 2.50 bits per heavy atom. The molecular formula is C21H23ClFNO2. The molecule has 1 aliphatic rings. The maximum Gasteiger partial charge on any atom is 0.306 e.